The number of aryl methyl sites for hydroxylation is 1. The predicted octanol–water partition coefficient (Wildman–Crippen LogP) is 1.61. The molecule has 1 aliphatic heterocycles. The van der Waals surface area contributed by atoms with E-state index in [1.807, 2.05) is 49.1 Å². The van der Waals surface area contributed by atoms with Crippen molar-refractivity contribution in [3.8, 4) is 0 Å². The lowest BCUT2D eigenvalue weighted by Crippen LogP contribution is -3.13. The van der Waals surface area contributed by atoms with E-state index in [0.717, 1.165) is 38.3 Å². The van der Waals surface area contributed by atoms with Crippen LogP contribution in [0.5, 0.6) is 0 Å². The Kier molecular flexibility index (Phi) is 7.63. The summed E-state index contributed by atoms with van der Waals surface area (Å²) < 4.78 is 0. The summed E-state index contributed by atoms with van der Waals surface area (Å²) in [7, 11) is 0. The van der Waals surface area contributed by atoms with Crippen LogP contribution < -0.4 is 10.2 Å². The molecular formula is C25H34N3O2+. The van der Waals surface area contributed by atoms with Crippen LogP contribution in [0.3, 0.4) is 0 Å². The van der Waals surface area contributed by atoms with Gasteiger partial charge >= 0.3 is 0 Å². The maximum absolute atomic E-state index is 13.1. The summed E-state index contributed by atoms with van der Waals surface area (Å²) in [5.41, 5.74) is 3.59. The number of carbonyl (C=O) groups excluding carboxylic acids is 2. The minimum absolute atomic E-state index is 0.0426. The van der Waals surface area contributed by atoms with Gasteiger partial charge < -0.3 is 15.1 Å². The molecule has 0 bridgehead atoms. The van der Waals surface area contributed by atoms with Gasteiger partial charge in [-0.2, -0.15) is 0 Å². The first-order valence-electron chi connectivity index (χ1n) is 10.9. The Balaban J connectivity index is 1.52. The van der Waals surface area contributed by atoms with E-state index >= 15 is 0 Å². The fraction of sp³-hybridized carbons (Fsp3) is 0.440. The van der Waals surface area contributed by atoms with E-state index in [2.05, 4.69) is 36.5 Å². The molecule has 0 saturated carbocycles. The number of nitrogens with zero attached hydrogens (tertiary/aromatic N) is 1. The summed E-state index contributed by atoms with van der Waals surface area (Å²) in [4.78, 5) is 29.1. The molecule has 0 spiro atoms. The third kappa shape index (κ3) is 6.17. The fourth-order valence-corrected chi connectivity index (χ4v) is 4.05. The van der Waals surface area contributed by atoms with Crippen LogP contribution in [-0.2, 0) is 22.6 Å². The van der Waals surface area contributed by atoms with Gasteiger partial charge in [0.2, 0.25) is 11.8 Å². The SMILES string of the molecule is Cc1cccc(C[NH+]2CCN(C(=O)[C@@H](NC(=O)Cc3ccccc3)C(C)C)CC2)c1. The molecule has 2 amide bonds. The van der Waals surface area contributed by atoms with Crippen LogP contribution in [-0.4, -0.2) is 48.9 Å². The molecule has 1 fully saturated rings. The van der Waals surface area contributed by atoms with Gasteiger partial charge in [-0.3, -0.25) is 9.59 Å². The average Bonchev–Trinajstić information content (AvgIpc) is 2.73. The molecule has 0 aliphatic carbocycles. The van der Waals surface area contributed by atoms with Gasteiger partial charge in [0.25, 0.3) is 0 Å². The number of nitrogens with one attached hydrogen (secondary N) is 2. The van der Waals surface area contributed by atoms with Crippen LogP contribution >= 0.6 is 0 Å². The average molecular weight is 409 g/mol. The smallest absolute Gasteiger partial charge is 0.245 e. The molecule has 5 nitrogen and oxygen atoms in total. The molecule has 2 N–H and O–H groups in total. The fourth-order valence-electron chi connectivity index (χ4n) is 4.05. The van der Waals surface area contributed by atoms with Gasteiger partial charge in [0.05, 0.1) is 32.6 Å². The summed E-state index contributed by atoms with van der Waals surface area (Å²) in [6.45, 7) is 10.4. The molecule has 0 unspecified atom stereocenters. The molecular weight excluding hydrogens is 374 g/mol. The van der Waals surface area contributed by atoms with Crippen LogP contribution in [0.2, 0.25) is 0 Å². The van der Waals surface area contributed by atoms with Crippen molar-refractivity contribution < 1.29 is 14.5 Å². The highest BCUT2D eigenvalue weighted by atomic mass is 16.2. The number of hydrogen-bond donors (Lipinski definition) is 2. The van der Waals surface area contributed by atoms with E-state index in [1.54, 1.807) is 0 Å². The Hall–Kier alpha value is -2.66. The third-order valence-electron chi connectivity index (χ3n) is 5.78. The van der Waals surface area contributed by atoms with Gasteiger partial charge in [-0.25, -0.2) is 0 Å². The minimum Gasteiger partial charge on any atom is -0.344 e. The molecule has 1 saturated heterocycles. The lowest BCUT2D eigenvalue weighted by Gasteiger charge is -2.35. The highest BCUT2D eigenvalue weighted by molar-refractivity contribution is 5.88. The number of rotatable bonds is 7. The predicted molar refractivity (Wildman–Crippen MR) is 119 cm³/mol. The van der Waals surface area contributed by atoms with Gasteiger partial charge in [-0.05, 0) is 18.4 Å². The standard InChI is InChI=1S/C25H33N3O2/c1-19(2)24(26-23(29)17-21-9-5-4-6-10-21)25(30)28-14-12-27(13-15-28)18-22-11-7-8-20(3)16-22/h4-11,16,19,24H,12-15,17-18H2,1-3H3,(H,26,29)/p+1/t24-/m0/s1. The van der Waals surface area contributed by atoms with Crippen molar-refractivity contribution in [1.29, 1.82) is 0 Å². The molecule has 3 rings (SSSR count). The quantitative estimate of drug-likeness (QED) is 0.731. The Morgan fingerprint density at radius 3 is 2.30 bits per heavy atom. The maximum atomic E-state index is 13.1. The first kappa shape index (κ1) is 22.0. The zero-order valence-electron chi connectivity index (χ0n) is 18.4. The van der Waals surface area contributed by atoms with Gasteiger partial charge in [0, 0.05) is 5.56 Å². The van der Waals surface area contributed by atoms with Crippen molar-refractivity contribution >= 4 is 11.8 Å². The van der Waals surface area contributed by atoms with E-state index in [-0.39, 0.29) is 17.7 Å². The first-order chi connectivity index (χ1) is 14.4. The summed E-state index contributed by atoms with van der Waals surface area (Å²) >= 11 is 0. The van der Waals surface area contributed by atoms with Gasteiger partial charge in [-0.1, -0.05) is 74.0 Å². The van der Waals surface area contributed by atoms with E-state index < -0.39 is 6.04 Å². The van der Waals surface area contributed by atoms with Crippen molar-refractivity contribution in [2.45, 2.75) is 39.8 Å². The van der Waals surface area contributed by atoms with Crippen LogP contribution in [0.1, 0.15) is 30.5 Å². The number of benzene rings is 2. The van der Waals surface area contributed by atoms with E-state index in [4.69, 9.17) is 0 Å². The molecule has 30 heavy (non-hydrogen) atoms. The van der Waals surface area contributed by atoms with Gasteiger partial charge in [-0.15, -0.1) is 0 Å². The normalized spacial score (nSPS) is 15.8. The van der Waals surface area contributed by atoms with Gasteiger partial charge in [0.15, 0.2) is 0 Å². The number of carbonyl (C=O) groups is 2. The van der Waals surface area contributed by atoms with Crippen molar-refractivity contribution in [3.05, 3.63) is 71.3 Å². The number of quaternary nitrogens is 1. The summed E-state index contributed by atoms with van der Waals surface area (Å²) in [6.07, 6.45) is 0.297. The van der Waals surface area contributed by atoms with E-state index in [0.29, 0.717) is 6.42 Å². The molecule has 160 valence electrons. The molecule has 1 heterocycles. The molecule has 2 aromatic carbocycles. The maximum Gasteiger partial charge on any atom is 0.245 e. The van der Waals surface area contributed by atoms with Crippen LogP contribution in [0, 0.1) is 12.8 Å². The Labute approximate surface area is 180 Å². The van der Waals surface area contributed by atoms with Crippen molar-refractivity contribution in [1.82, 2.24) is 10.2 Å². The molecule has 5 heteroatoms. The molecule has 0 aromatic heterocycles. The van der Waals surface area contributed by atoms with E-state index in [9.17, 15) is 9.59 Å². The van der Waals surface area contributed by atoms with Crippen molar-refractivity contribution in [2.75, 3.05) is 26.2 Å². The third-order valence-corrected chi connectivity index (χ3v) is 5.78. The molecule has 2 aromatic rings. The monoisotopic (exact) mass is 408 g/mol. The number of piperazine rings is 1. The first-order valence-corrected chi connectivity index (χ1v) is 10.9. The summed E-state index contributed by atoms with van der Waals surface area (Å²) in [5, 5.41) is 2.98. The van der Waals surface area contributed by atoms with Crippen LogP contribution in [0.15, 0.2) is 54.6 Å². The Morgan fingerprint density at radius 2 is 1.67 bits per heavy atom. The van der Waals surface area contributed by atoms with E-state index in [1.165, 1.54) is 16.0 Å². The lowest BCUT2D eigenvalue weighted by molar-refractivity contribution is -0.917. The summed E-state index contributed by atoms with van der Waals surface area (Å²) in [5.74, 6) is -0.00660. The van der Waals surface area contributed by atoms with Crippen LogP contribution in [0.25, 0.3) is 0 Å². The second-order valence-electron chi connectivity index (χ2n) is 8.69. The molecule has 0 radical (unpaired) electrons. The highest BCUT2D eigenvalue weighted by Crippen LogP contribution is 2.09. The molecule has 1 aliphatic rings. The molecule has 1 atom stereocenters. The van der Waals surface area contributed by atoms with Crippen molar-refractivity contribution in [2.24, 2.45) is 5.92 Å². The topological polar surface area (TPSA) is 53.9 Å². The Bertz CT molecular complexity index is 842. The number of amides is 2. The zero-order valence-corrected chi connectivity index (χ0v) is 18.4. The Morgan fingerprint density at radius 1 is 1.00 bits per heavy atom. The van der Waals surface area contributed by atoms with Gasteiger partial charge in [0.1, 0.15) is 12.6 Å². The number of hydrogen-bond acceptors (Lipinski definition) is 2. The second kappa shape index (κ2) is 10.4. The minimum atomic E-state index is -0.473. The zero-order chi connectivity index (χ0) is 21.5. The highest BCUT2D eigenvalue weighted by Gasteiger charge is 2.31. The van der Waals surface area contributed by atoms with Crippen molar-refractivity contribution in [3.63, 3.8) is 0 Å². The largest absolute Gasteiger partial charge is 0.344 e. The lowest BCUT2D eigenvalue weighted by atomic mass is 10.0. The summed E-state index contributed by atoms with van der Waals surface area (Å²) in [6, 6.07) is 17.8. The second-order valence-corrected chi connectivity index (χ2v) is 8.69. The van der Waals surface area contributed by atoms with Crippen LogP contribution in [0.4, 0.5) is 0 Å².